The SMILES string of the molecule is CCCCC(CN)NC(=O)c1cc(S(=O)(=O)NC)oc1C.Cl. The number of furan rings is 1. The maximum Gasteiger partial charge on any atom is 0.273 e. The Bertz CT molecular complexity index is 586. The number of nitrogens with one attached hydrogen (secondary N) is 2. The van der Waals surface area contributed by atoms with Crippen LogP contribution in [0, 0.1) is 6.92 Å². The third-order valence-corrected chi connectivity index (χ3v) is 4.47. The molecule has 128 valence electrons. The highest BCUT2D eigenvalue weighted by Crippen LogP contribution is 2.19. The molecule has 0 aromatic carbocycles. The monoisotopic (exact) mass is 353 g/mol. The summed E-state index contributed by atoms with van der Waals surface area (Å²) in [5.41, 5.74) is 5.84. The average Bonchev–Trinajstić information content (AvgIpc) is 2.86. The Balaban J connectivity index is 0.00000441. The molecule has 7 nitrogen and oxygen atoms in total. The molecule has 0 spiro atoms. The molecule has 0 aliphatic heterocycles. The highest BCUT2D eigenvalue weighted by atomic mass is 35.5. The van der Waals surface area contributed by atoms with E-state index in [9.17, 15) is 13.2 Å². The lowest BCUT2D eigenvalue weighted by Crippen LogP contribution is -2.40. The van der Waals surface area contributed by atoms with Gasteiger partial charge < -0.3 is 15.5 Å². The van der Waals surface area contributed by atoms with Gasteiger partial charge in [0.2, 0.25) is 5.09 Å². The Hall–Kier alpha value is -1.09. The summed E-state index contributed by atoms with van der Waals surface area (Å²) in [6, 6.07) is 1.10. The van der Waals surface area contributed by atoms with Crippen molar-refractivity contribution >= 4 is 28.3 Å². The minimum atomic E-state index is -3.70. The Morgan fingerprint density at radius 1 is 1.45 bits per heavy atom. The number of rotatable bonds is 8. The number of carbonyl (C=O) groups excluding carboxylic acids is 1. The van der Waals surface area contributed by atoms with Crippen LogP contribution >= 0.6 is 12.4 Å². The van der Waals surface area contributed by atoms with Gasteiger partial charge in [-0.05, 0) is 20.4 Å². The smallest absolute Gasteiger partial charge is 0.273 e. The lowest BCUT2D eigenvalue weighted by molar-refractivity contribution is 0.0934. The number of halogens is 1. The van der Waals surface area contributed by atoms with Crippen molar-refractivity contribution in [2.75, 3.05) is 13.6 Å². The minimum absolute atomic E-state index is 0. The fourth-order valence-corrected chi connectivity index (χ4v) is 2.58. The number of amides is 1. The molecule has 0 aliphatic carbocycles. The highest BCUT2D eigenvalue weighted by Gasteiger charge is 2.23. The topological polar surface area (TPSA) is 114 Å². The summed E-state index contributed by atoms with van der Waals surface area (Å²) in [7, 11) is -2.42. The van der Waals surface area contributed by atoms with Crippen molar-refractivity contribution in [1.82, 2.24) is 10.0 Å². The first-order chi connectivity index (χ1) is 9.85. The molecule has 1 aromatic rings. The van der Waals surface area contributed by atoms with Crippen LogP contribution in [0.1, 0.15) is 42.3 Å². The second kappa shape index (κ2) is 9.14. The molecule has 1 rings (SSSR count). The summed E-state index contributed by atoms with van der Waals surface area (Å²) in [5.74, 6) is -0.118. The van der Waals surface area contributed by atoms with E-state index in [1.807, 2.05) is 0 Å². The number of aryl methyl sites for hydroxylation is 1. The molecule has 0 bridgehead atoms. The number of hydrogen-bond donors (Lipinski definition) is 3. The van der Waals surface area contributed by atoms with Crippen LogP contribution < -0.4 is 15.8 Å². The van der Waals surface area contributed by atoms with Crippen molar-refractivity contribution in [2.24, 2.45) is 5.73 Å². The normalized spacial score (nSPS) is 12.5. The molecule has 9 heteroatoms. The molecule has 1 aromatic heterocycles. The summed E-state index contributed by atoms with van der Waals surface area (Å²) in [5, 5.41) is 2.53. The molecular weight excluding hydrogens is 330 g/mol. The summed E-state index contributed by atoms with van der Waals surface area (Å²) >= 11 is 0. The zero-order valence-corrected chi connectivity index (χ0v) is 14.6. The Kier molecular flexibility index (Phi) is 8.69. The fourth-order valence-electron chi connectivity index (χ4n) is 1.88. The third-order valence-electron chi connectivity index (χ3n) is 3.20. The number of sulfonamides is 1. The molecule has 1 heterocycles. The molecule has 1 unspecified atom stereocenters. The molecule has 0 radical (unpaired) electrons. The van der Waals surface area contributed by atoms with Crippen LogP contribution in [-0.4, -0.2) is 34.0 Å². The molecular formula is C13H24ClN3O4S. The van der Waals surface area contributed by atoms with Crippen LogP contribution in [-0.2, 0) is 10.0 Å². The van der Waals surface area contributed by atoms with Crippen LogP contribution in [0.15, 0.2) is 15.6 Å². The van der Waals surface area contributed by atoms with Gasteiger partial charge in [-0.1, -0.05) is 19.8 Å². The maximum absolute atomic E-state index is 12.2. The van der Waals surface area contributed by atoms with Gasteiger partial charge >= 0.3 is 0 Å². The molecule has 0 fully saturated rings. The van der Waals surface area contributed by atoms with E-state index in [0.29, 0.717) is 6.54 Å². The number of unbranched alkanes of at least 4 members (excludes halogenated alkanes) is 1. The predicted molar refractivity (Wildman–Crippen MR) is 86.8 cm³/mol. The van der Waals surface area contributed by atoms with Crippen molar-refractivity contribution in [3.8, 4) is 0 Å². The number of hydrogen-bond acceptors (Lipinski definition) is 5. The van der Waals surface area contributed by atoms with Gasteiger partial charge in [-0.2, -0.15) is 0 Å². The molecule has 1 atom stereocenters. The third kappa shape index (κ3) is 5.28. The van der Waals surface area contributed by atoms with Crippen LogP contribution in [0.25, 0.3) is 0 Å². The molecule has 0 saturated carbocycles. The first kappa shape index (κ1) is 20.9. The van der Waals surface area contributed by atoms with Crippen molar-refractivity contribution < 1.29 is 17.6 Å². The van der Waals surface area contributed by atoms with Crippen molar-refractivity contribution in [3.05, 3.63) is 17.4 Å². The molecule has 22 heavy (non-hydrogen) atoms. The van der Waals surface area contributed by atoms with E-state index in [4.69, 9.17) is 10.2 Å². The summed E-state index contributed by atoms with van der Waals surface area (Å²) in [6.07, 6.45) is 2.77. The van der Waals surface area contributed by atoms with Crippen LogP contribution in [0.4, 0.5) is 0 Å². The van der Waals surface area contributed by atoms with Gasteiger partial charge in [-0.25, -0.2) is 13.1 Å². The Labute approximate surface area is 137 Å². The van der Waals surface area contributed by atoms with Crippen LogP contribution in [0.3, 0.4) is 0 Å². The summed E-state index contributed by atoms with van der Waals surface area (Å²) in [4.78, 5) is 12.2. The molecule has 0 aliphatic rings. The predicted octanol–water partition coefficient (Wildman–Crippen LogP) is 1.17. The van der Waals surface area contributed by atoms with Crippen molar-refractivity contribution in [1.29, 1.82) is 0 Å². The molecule has 1 amide bonds. The second-order valence-electron chi connectivity index (χ2n) is 4.79. The van der Waals surface area contributed by atoms with Gasteiger partial charge in [0.25, 0.3) is 15.9 Å². The Morgan fingerprint density at radius 3 is 2.59 bits per heavy atom. The van der Waals surface area contributed by atoms with Crippen molar-refractivity contribution in [3.63, 3.8) is 0 Å². The lowest BCUT2D eigenvalue weighted by Gasteiger charge is -2.15. The quantitative estimate of drug-likeness (QED) is 0.649. The van der Waals surface area contributed by atoms with E-state index < -0.39 is 10.0 Å². The van der Waals surface area contributed by atoms with E-state index in [2.05, 4.69) is 17.0 Å². The van der Waals surface area contributed by atoms with E-state index >= 15 is 0 Å². The van der Waals surface area contributed by atoms with Gasteiger partial charge in [0.05, 0.1) is 5.56 Å². The van der Waals surface area contributed by atoms with Gasteiger partial charge in [-0.3, -0.25) is 4.79 Å². The number of carbonyl (C=O) groups is 1. The lowest BCUT2D eigenvalue weighted by atomic mass is 10.1. The fraction of sp³-hybridized carbons (Fsp3) is 0.615. The van der Waals surface area contributed by atoms with E-state index in [1.54, 1.807) is 6.92 Å². The Morgan fingerprint density at radius 2 is 2.09 bits per heavy atom. The average molecular weight is 354 g/mol. The van der Waals surface area contributed by atoms with Crippen molar-refractivity contribution in [2.45, 2.75) is 44.2 Å². The number of nitrogens with two attached hydrogens (primary N) is 1. The van der Waals surface area contributed by atoms with Crippen LogP contribution in [0.5, 0.6) is 0 Å². The van der Waals surface area contributed by atoms with E-state index in [-0.39, 0.29) is 40.8 Å². The first-order valence-corrected chi connectivity index (χ1v) is 8.38. The van der Waals surface area contributed by atoms with Gasteiger partial charge in [0.1, 0.15) is 5.76 Å². The summed E-state index contributed by atoms with van der Waals surface area (Å²) < 4.78 is 30.6. The van der Waals surface area contributed by atoms with Gasteiger partial charge in [-0.15, -0.1) is 12.4 Å². The highest BCUT2D eigenvalue weighted by molar-refractivity contribution is 7.89. The zero-order valence-electron chi connectivity index (χ0n) is 13.0. The first-order valence-electron chi connectivity index (χ1n) is 6.90. The van der Waals surface area contributed by atoms with E-state index in [1.165, 1.54) is 13.1 Å². The summed E-state index contributed by atoms with van der Waals surface area (Å²) in [6.45, 7) is 3.95. The molecule has 0 saturated heterocycles. The van der Waals surface area contributed by atoms with E-state index in [0.717, 1.165) is 19.3 Å². The standard InChI is InChI=1S/C13H23N3O4S.ClH/c1-4-5-6-10(8-14)16-13(17)11-7-12(20-9(11)2)21(18,19)15-3;/h7,10,15H,4-6,8,14H2,1-3H3,(H,16,17);1H. The maximum atomic E-state index is 12.2. The largest absolute Gasteiger partial charge is 0.448 e. The van der Waals surface area contributed by atoms with Gasteiger partial charge in [0.15, 0.2) is 0 Å². The minimum Gasteiger partial charge on any atom is -0.448 e. The zero-order chi connectivity index (χ0) is 16.0. The van der Waals surface area contributed by atoms with Gasteiger partial charge in [0, 0.05) is 18.7 Å². The second-order valence-corrected chi connectivity index (χ2v) is 6.61. The van der Waals surface area contributed by atoms with Crippen LogP contribution in [0.2, 0.25) is 0 Å². The molecule has 4 N–H and O–H groups in total.